The Balaban J connectivity index is 0.00000420. The molecule has 29 heavy (non-hydrogen) atoms. The summed E-state index contributed by atoms with van der Waals surface area (Å²) in [6.07, 6.45) is 2.39. The lowest BCUT2D eigenvalue weighted by molar-refractivity contribution is -0.127. The number of anilines is 1. The summed E-state index contributed by atoms with van der Waals surface area (Å²) in [5.74, 6) is 0.638. The molecule has 164 valence electrons. The maximum atomic E-state index is 11.9. The highest BCUT2D eigenvalue weighted by Gasteiger charge is 2.16. The van der Waals surface area contributed by atoms with Crippen molar-refractivity contribution in [1.29, 1.82) is 0 Å². The molecule has 0 saturated carbocycles. The number of nitrogens with zero attached hydrogens (tertiary/aromatic N) is 3. The van der Waals surface area contributed by atoms with E-state index in [1.54, 1.807) is 19.0 Å². The largest absolute Gasteiger partial charge is 0.376 e. The van der Waals surface area contributed by atoms with Gasteiger partial charge in [-0.25, -0.2) is 4.99 Å². The van der Waals surface area contributed by atoms with E-state index in [9.17, 15) is 4.79 Å². The average Bonchev–Trinajstić information content (AvgIpc) is 3.20. The molecule has 1 aliphatic rings. The maximum absolute atomic E-state index is 11.9. The van der Waals surface area contributed by atoms with Crippen molar-refractivity contribution in [3.8, 4) is 0 Å². The van der Waals surface area contributed by atoms with Gasteiger partial charge in [-0.3, -0.25) is 4.79 Å². The smallest absolute Gasteiger partial charge is 0.243 e. The second-order valence-electron chi connectivity index (χ2n) is 7.31. The molecular formula is C21H36IN5O2. The zero-order chi connectivity index (χ0) is 20.4. The fourth-order valence-corrected chi connectivity index (χ4v) is 3.08. The number of aliphatic imine (C=N–C) groups is 1. The van der Waals surface area contributed by atoms with E-state index in [1.165, 1.54) is 11.3 Å². The van der Waals surface area contributed by atoms with Gasteiger partial charge in [0.15, 0.2) is 5.96 Å². The van der Waals surface area contributed by atoms with Crippen molar-refractivity contribution in [2.75, 3.05) is 58.3 Å². The average molecular weight is 517 g/mol. The minimum absolute atomic E-state index is 0. The van der Waals surface area contributed by atoms with E-state index in [0.29, 0.717) is 12.5 Å². The number of hydrogen-bond donors (Lipinski definition) is 2. The van der Waals surface area contributed by atoms with Crippen LogP contribution in [-0.4, -0.2) is 76.3 Å². The highest BCUT2D eigenvalue weighted by Crippen LogP contribution is 2.15. The molecule has 1 saturated heterocycles. The van der Waals surface area contributed by atoms with Crippen LogP contribution in [0.25, 0.3) is 0 Å². The first kappa shape index (κ1) is 25.5. The Morgan fingerprint density at radius 1 is 1.31 bits per heavy atom. The van der Waals surface area contributed by atoms with Crippen molar-refractivity contribution in [2.24, 2.45) is 4.99 Å². The minimum Gasteiger partial charge on any atom is -0.376 e. The molecule has 1 aromatic carbocycles. The van der Waals surface area contributed by atoms with Gasteiger partial charge in [0.25, 0.3) is 0 Å². The molecule has 7 nitrogen and oxygen atoms in total. The summed E-state index contributed by atoms with van der Waals surface area (Å²) < 4.78 is 5.67. The second kappa shape index (κ2) is 13.6. The molecule has 2 rings (SSSR count). The van der Waals surface area contributed by atoms with Crippen LogP contribution in [0.2, 0.25) is 0 Å². The van der Waals surface area contributed by atoms with Gasteiger partial charge in [0.1, 0.15) is 6.54 Å². The predicted octanol–water partition coefficient (Wildman–Crippen LogP) is 2.24. The van der Waals surface area contributed by atoms with E-state index < -0.39 is 0 Å². The van der Waals surface area contributed by atoms with Crippen LogP contribution in [0.5, 0.6) is 0 Å². The summed E-state index contributed by atoms with van der Waals surface area (Å²) in [5, 5.41) is 6.68. The summed E-state index contributed by atoms with van der Waals surface area (Å²) in [4.78, 5) is 20.2. The van der Waals surface area contributed by atoms with Crippen molar-refractivity contribution in [3.05, 3.63) is 29.8 Å². The topological polar surface area (TPSA) is 69.2 Å². The molecule has 0 aromatic heterocycles. The van der Waals surface area contributed by atoms with E-state index in [2.05, 4.69) is 58.6 Å². The van der Waals surface area contributed by atoms with E-state index in [4.69, 9.17) is 4.74 Å². The van der Waals surface area contributed by atoms with Crippen molar-refractivity contribution >= 4 is 41.5 Å². The Hall–Kier alpha value is -1.55. The van der Waals surface area contributed by atoms with Crippen LogP contribution in [0.1, 0.15) is 25.3 Å². The molecule has 1 fully saturated rings. The van der Waals surface area contributed by atoms with Gasteiger partial charge in [-0.05, 0) is 44.4 Å². The molecule has 0 aliphatic carbocycles. The number of nitrogens with one attached hydrogen (secondary N) is 2. The van der Waals surface area contributed by atoms with Crippen molar-refractivity contribution in [3.63, 3.8) is 0 Å². The first-order valence-electron chi connectivity index (χ1n) is 10.1. The lowest BCUT2D eigenvalue weighted by Gasteiger charge is -2.24. The molecule has 0 bridgehead atoms. The normalized spacial score (nSPS) is 16.1. The van der Waals surface area contributed by atoms with Gasteiger partial charge in [0, 0.05) is 52.6 Å². The first-order valence-corrected chi connectivity index (χ1v) is 10.1. The van der Waals surface area contributed by atoms with Gasteiger partial charge in [0.2, 0.25) is 5.91 Å². The third-order valence-corrected chi connectivity index (χ3v) is 4.82. The molecule has 1 aliphatic heterocycles. The van der Waals surface area contributed by atoms with Crippen LogP contribution in [-0.2, 0) is 9.53 Å². The molecule has 1 amide bonds. The molecule has 0 spiro atoms. The number of ether oxygens (including phenoxy) is 1. The number of benzene rings is 1. The zero-order valence-electron chi connectivity index (χ0n) is 18.1. The van der Waals surface area contributed by atoms with E-state index in [0.717, 1.165) is 39.1 Å². The number of aryl methyl sites for hydroxylation is 1. The molecule has 0 radical (unpaired) electrons. The molecular weight excluding hydrogens is 481 g/mol. The Kier molecular flexibility index (Phi) is 12.0. The molecule has 2 N–H and O–H groups in total. The number of rotatable bonds is 9. The molecule has 8 heteroatoms. The minimum atomic E-state index is -0.0202. The van der Waals surface area contributed by atoms with Gasteiger partial charge < -0.3 is 25.2 Å². The highest BCUT2D eigenvalue weighted by atomic mass is 127. The molecule has 1 heterocycles. The van der Waals surface area contributed by atoms with Crippen LogP contribution < -0.4 is 15.5 Å². The number of amides is 1. The van der Waals surface area contributed by atoms with Crippen molar-refractivity contribution in [2.45, 2.75) is 32.8 Å². The summed E-state index contributed by atoms with van der Waals surface area (Å²) in [6.45, 7) is 8.44. The molecule has 1 unspecified atom stereocenters. The van der Waals surface area contributed by atoms with Gasteiger partial charge >= 0.3 is 0 Å². The van der Waals surface area contributed by atoms with Gasteiger partial charge in [-0.2, -0.15) is 0 Å². The van der Waals surface area contributed by atoms with Gasteiger partial charge in [0.05, 0.1) is 6.10 Å². The number of likely N-dealkylation sites (N-methyl/N-ethyl adjacent to an activating group) is 2. The second-order valence-corrected chi connectivity index (χ2v) is 7.31. The quantitative estimate of drug-likeness (QED) is 0.299. The van der Waals surface area contributed by atoms with Gasteiger partial charge in [-0.15, -0.1) is 24.0 Å². The summed E-state index contributed by atoms with van der Waals surface area (Å²) in [7, 11) is 3.48. The highest BCUT2D eigenvalue weighted by molar-refractivity contribution is 14.0. The number of hydrogen-bond acceptors (Lipinski definition) is 4. The monoisotopic (exact) mass is 517 g/mol. The van der Waals surface area contributed by atoms with Crippen LogP contribution in [0.3, 0.4) is 0 Å². The Morgan fingerprint density at radius 2 is 2.10 bits per heavy atom. The van der Waals surface area contributed by atoms with Crippen molar-refractivity contribution in [1.82, 2.24) is 15.5 Å². The Labute approximate surface area is 192 Å². The lowest BCUT2D eigenvalue weighted by atomic mass is 10.2. The summed E-state index contributed by atoms with van der Waals surface area (Å²) >= 11 is 0. The number of carbonyl (C=O) groups is 1. The third kappa shape index (κ3) is 9.20. The zero-order valence-corrected chi connectivity index (χ0v) is 20.4. The standard InChI is InChI=1S/C21H35N5O2.HI/c1-5-26(18-9-6-8-17(2)14-18)12-11-22-21(24-16-20(27)25(3)4)23-15-19-10-7-13-28-19;/h6,8-9,14,19H,5,7,10-13,15-16H2,1-4H3,(H2,22,23,24);1H. The fourth-order valence-electron chi connectivity index (χ4n) is 3.08. The summed E-state index contributed by atoms with van der Waals surface area (Å²) in [6, 6.07) is 8.53. The van der Waals surface area contributed by atoms with Crippen LogP contribution in [0.15, 0.2) is 29.3 Å². The van der Waals surface area contributed by atoms with Crippen LogP contribution >= 0.6 is 24.0 Å². The predicted molar refractivity (Wildman–Crippen MR) is 130 cm³/mol. The first-order chi connectivity index (χ1) is 13.5. The number of halogens is 1. The van der Waals surface area contributed by atoms with Gasteiger partial charge in [-0.1, -0.05) is 12.1 Å². The Morgan fingerprint density at radius 3 is 2.72 bits per heavy atom. The lowest BCUT2D eigenvalue weighted by Crippen LogP contribution is -2.44. The third-order valence-electron chi connectivity index (χ3n) is 4.82. The van der Waals surface area contributed by atoms with Crippen LogP contribution in [0.4, 0.5) is 5.69 Å². The number of carbonyl (C=O) groups excluding carboxylic acids is 1. The van der Waals surface area contributed by atoms with E-state index >= 15 is 0 Å². The molecule has 1 aromatic rings. The summed E-state index contributed by atoms with van der Waals surface area (Å²) in [5.41, 5.74) is 2.48. The molecule has 1 atom stereocenters. The van der Waals surface area contributed by atoms with Crippen molar-refractivity contribution < 1.29 is 9.53 Å². The number of guanidine groups is 1. The van der Waals surface area contributed by atoms with E-state index in [-0.39, 0.29) is 42.5 Å². The Bertz CT molecular complexity index is 648. The SMILES string of the molecule is CCN(CCNC(=NCC(=O)N(C)C)NCC1CCCO1)c1cccc(C)c1.I. The van der Waals surface area contributed by atoms with E-state index in [1.807, 2.05) is 0 Å². The van der Waals surface area contributed by atoms with Crippen LogP contribution in [0, 0.1) is 6.92 Å². The fraction of sp³-hybridized carbons (Fsp3) is 0.619. The maximum Gasteiger partial charge on any atom is 0.243 e.